The zero-order valence-electron chi connectivity index (χ0n) is 13.4. The highest BCUT2D eigenvalue weighted by Crippen LogP contribution is 2.27. The van der Waals surface area contributed by atoms with E-state index in [1.54, 1.807) is 36.1 Å². The van der Waals surface area contributed by atoms with E-state index in [-0.39, 0.29) is 23.2 Å². The number of hydrogen-bond acceptors (Lipinski definition) is 6. The molecule has 7 nitrogen and oxygen atoms in total. The molecule has 0 N–H and O–H groups in total. The third kappa shape index (κ3) is 3.10. The van der Waals surface area contributed by atoms with E-state index in [4.69, 9.17) is 9.47 Å². The highest BCUT2D eigenvalue weighted by molar-refractivity contribution is 6.27. The monoisotopic (exact) mass is 330 g/mol. The van der Waals surface area contributed by atoms with Crippen molar-refractivity contribution in [1.29, 1.82) is 0 Å². The van der Waals surface area contributed by atoms with Gasteiger partial charge in [0.1, 0.15) is 11.3 Å². The maximum absolute atomic E-state index is 12.5. The number of para-hydroxylation sites is 1. The highest BCUT2D eigenvalue weighted by atomic mass is 16.6. The van der Waals surface area contributed by atoms with Gasteiger partial charge in [-0.15, -0.1) is 0 Å². The summed E-state index contributed by atoms with van der Waals surface area (Å²) < 4.78 is 10.2. The van der Waals surface area contributed by atoms with Crippen LogP contribution in [0.1, 0.15) is 17.3 Å². The van der Waals surface area contributed by atoms with Crippen LogP contribution in [0, 0.1) is 0 Å². The number of ketones is 1. The maximum Gasteiger partial charge on any atom is 0.409 e. The summed E-state index contributed by atoms with van der Waals surface area (Å²) in [6.45, 7) is 4.08. The van der Waals surface area contributed by atoms with Crippen LogP contribution >= 0.6 is 0 Å². The number of benzene rings is 1. The van der Waals surface area contributed by atoms with Gasteiger partial charge in [0, 0.05) is 32.4 Å². The highest BCUT2D eigenvalue weighted by Gasteiger charge is 2.31. The molecule has 1 saturated heterocycles. The second-order valence-electron chi connectivity index (χ2n) is 5.48. The molecule has 0 radical (unpaired) electrons. The van der Waals surface area contributed by atoms with E-state index in [1.165, 1.54) is 6.20 Å². The average molecular weight is 330 g/mol. The van der Waals surface area contributed by atoms with Crippen LogP contribution in [-0.4, -0.2) is 60.4 Å². The van der Waals surface area contributed by atoms with Gasteiger partial charge in [0.25, 0.3) is 0 Å². The Labute approximate surface area is 139 Å². The van der Waals surface area contributed by atoms with Gasteiger partial charge >= 0.3 is 12.1 Å². The van der Waals surface area contributed by atoms with Crippen LogP contribution in [0.15, 0.2) is 36.0 Å². The number of fused-ring (bicyclic) bond motifs is 1. The molecule has 0 unspecified atom stereocenters. The van der Waals surface area contributed by atoms with Crippen molar-refractivity contribution in [1.82, 2.24) is 9.80 Å². The predicted molar refractivity (Wildman–Crippen MR) is 84.7 cm³/mol. The van der Waals surface area contributed by atoms with Gasteiger partial charge in [-0.1, -0.05) is 12.1 Å². The van der Waals surface area contributed by atoms with Crippen molar-refractivity contribution in [2.24, 2.45) is 0 Å². The summed E-state index contributed by atoms with van der Waals surface area (Å²) in [5.41, 5.74) is 0.395. The van der Waals surface area contributed by atoms with E-state index in [0.29, 0.717) is 38.3 Å². The van der Waals surface area contributed by atoms with E-state index in [9.17, 15) is 14.4 Å². The minimum Gasteiger partial charge on any atom is -0.450 e. The molecule has 24 heavy (non-hydrogen) atoms. The van der Waals surface area contributed by atoms with E-state index in [1.807, 2.05) is 4.90 Å². The molecule has 0 aliphatic carbocycles. The standard InChI is InChI=1S/C17H18N2O5/c1-2-23-17(22)19-9-7-18(8-10-19)11-13-15(20)12-5-3-4-6-14(12)24-16(13)21/h3-6,11H,2,7-10H2,1H3/b13-11-. The Kier molecular flexibility index (Phi) is 4.50. The van der Waals surface area contributed by atoms with E-state index in [2.05, 4.69) is 0 Å². The molecule has 1 aromatic carbocycles. The molecule has 3 rings (SSSR count). The van der Waals surface area contributed by atoms with Gasteiger partial charge in [0.2, 0.25) is 5.78 Å². The molecule has 1 amide bonds. The number of esters is 1. The van der Waals surface area contributed by atoms with Crippen molar-refractivity contribution in [2.75, 3.05) is 32.8 Å². The molecule has 1 aromatic rings. The third-order valence-electron chi connectivity index (χ3n) is 3.95. The number of hydrogen-bond donors (Lipinski definition) is 0. The Morgan fingerprint density at radius 1 is 1.21 bits per heavy atom. The molecule has 2 aliphatic heterocycles. The fraction of sp³-hybridized carbons (Fsp3) is 0.353. The number of carbonyl (C=O) groups is 3. The molecule has 0 atom stereocenters. The van der Waals surface area contributed by atoms with E-state index in [0.717, 1.165) is 0 Å². The van der Waals surface area contributed by atoms with Crippen LogP contribution in [0.3, 0.4) is 0 Å². The number of nitrogens with zero attached hydrogens (tertiary/aromatic N) is 2. The molecule has 7 heteroatoms. The van der Waals surface area contributed by atoms with Crippen molar-refractivity contribution in [3.8, 4) is 5.75 Å². The van der Waals surface area contributed by atoms with Gasteiger partial charge in [0.15, 0.2) is 0 Å². The van der Waals surface area contributed by atoms with Crippen LogP contribution in [-0.2, 0) is 9.53 Å². The topological polar surface area (TPSA) is 76.2 Å². The minimum absolute atomic E-state index is 0.0123. The normalized spacial score (nSPS) is 19.1. The second-order valence-corrected chi connectivity index (χ2v) is 5.48. The molecule has 126 valence electrons. The summed E-state index contributed by atoms with van der Waals surface area (Å²) in [7, 11) is 0. The van der Waals surface area contributed by atoms with Crippen LogP contribution < -0.4 is 4.74 Å². The van der Waals surface area contributed by atoms with Crippen molar-refractivity contribution in [3.05, 3.63) is 41.6 Å². The zero-order chi connectivity index (χ0) is 17.1. The van der Waals surface area contributed by atoms with Crippen LogP contribution in [0.5, 0.6) is 5.75 Å². The molecule has 0 aromatic heterocycles. The Bertz CT molecular complexity index is 705. The summed E-state index contributed by atoms with van der Waals surface area (Å²) in [5, 5.41) is 0. The Balaban J connectivity index is 1.70. The van der Waals surface area contributed by atoms with Crippen LogP contribution in [0.25, 0.3) is 0 Å². The summed E-state index contributed by atoms with van der Waals surface area (Å²) in [6, 6.07) is 6.67. The smallest absolute Gasteiger partial charge is 0.409 e. The van der Waals surface area contributed by atoms with Crippen LogP contribution in [0.2, 0.25) is 0 Å². The molecule has 0 spiro atoms. The van der Waals surface area contributed by atoms with Gasteiger partial charge in [-0.05, 0) is 19.1 Å². The first-order valence-electron chi connectivity index (χ1n) is 7.83. The zero-order valence-corrected chi connectivity index (χ0v) is 13.4. The molecular weight excluding hydrogens is 312 g/mol. The van der Waals surface area contributed by atoms with Crippen molar-refractivity contribution in [3.63, 3.8) is 0 Å². The molecule has 0 saturated carbocycles. The first-order valence-corrected chi connectivity index (χ1v) is 7.83. The van der Waals surface area contributed by atoms with Crippen molar-refractivity contribution in [2.45, 2.75) is 6.92 Å². The number of amides is 1. The molecule has 1 fully saturated rings. The average Bonchev–Trinajstić information content (AvgIpc) is 2.59. The Morgan fingerprint density at radius 3 is 2.62 bits per heavy atom. The van der Waals surface area contributed by atoms with Gasteiger partial charge in [-0.2, -0.15) is 0 Å². The fourth-order valence-corrected chi connectivity index (χ4v) is 2.68. The first-order chi connectivity index (χ1) is 11.6. The quantitative estimate of drug-likeness (QED) is 0.353. The van der Waals surface area contributed by atoms with Gasteiger partial charge < -0.3 is 19.3 Å². The number of carbonyl (C=O) groups excluding carboxylic acids is 3. The Hall–Kier alpha value is -2.83. The number of Topliss-reactive ketones (excluding diaryl/α,β-unsaturated/α-hetero) is 1. The summed E-state index contributed by atoms with van der Waals surface area (Å²) in [6.07, 6.45) is 1.19. The summed E-state index contributed by atoms with van der Waals surface area (Å²) in [4.78, 5) is 39.7. The fourth-order valence-electron chi connectivity index (χ4n) is 2.68. The lowest BCUT2D eigenvalue weighted by molar-refractivity contribution is -0.130. The first kappa shape index (κ1) is 16.0. The Morgan fingerprint density at radius 2 is 1.92 bits per heavy atom. The third-order valence-corrected chi connectivity index (χ3v) is 3.95. The second kappa shape index (κ2) is 6.74. The van der Waals surface area contributed by atoms with Gasteiger partial charge in [-0.3, -0.25) is 4.79 Å². The molecule has 0 bridgehead atoms. The van der Waals surface area contributed by atoms with Crippen molar-refractivity contribution >= 4 is 17.8 Å². The molecular formula is C17H18N2O5. The largest absolute Gasteiger partial charge is 0.450 e. The predicted octanol–water partition coefficient (Wildman–Crippen LogP) is 1.45. The van der Waals surface area contributed by atoms with E-state index < -0.39 is 5.97 Å². The lowest BCUT2D eigenvalue weighted by Crippen LogP contribution is -2.47. The van der Waals surface area contributed by atoms with Gasteiger partial charge in [0.05, 0.1) is 12.2 Å². The van der Waals surface area contributed by atoms with Gasteiger partial charge in [-0.25, -0.2) is 9.59 Å². The number of ether oxygens (including phenoxy) is 2. The lowest BCUT2D eigenvalue weighted by Gasteiger charge is -2.33. The lowest BCUT2D eigenvalue weighted by atomic mass is 10.0. The van der Waals surface area contributed by atoms with Crippen molar-refractivity contribution < 1.29 is 23.9 Å². The maximum atomic E-state index is 12.5. The molecule has 2 heterocycles. The minimum atomic E-state index is -0.647. The number of rotatable bonds is 2. The SMILES string of the molecule is CCOC(=O)N1CCN(/C=C2\C(=O)Oc3ccccc3C2=O)CC1. The summed E-state index contributed by atoms with van der Waals surface area (Å²) in [5.74, 6) is -0.696. The molecule has 2 aliphatic rings. The van der Waals surface area contributed by atoms with Crippen LogP contribution in [0.4, 0.5) is 4.79 Å². The number of piperazine rings is 1. The van der Waals surface area contributed by atoms with E-state index >= 15 is 0 Å². The summed E-state index contributed by atoms with van der Waals surface area (Å²) >= 11 is 0.